The van der Waals surface area contributed by atoms with Crippen LogP contribution in [-0.4, -0.2) is 53.1 Å². The number of carboxylic acid groups (broad SMARTS) is 1. The molecule has 0 spiro atoms. The van der Waals surface area contributed by atoms with Crippen molar-refractivity contribution in [2.24, 2.45) is 5.92 Å². The van der Waals surface area contributed by atoms with Crippen molar-refractivity contribution in [2.75, 3.05) is 19.1 Å². The van der Waals surface area contributed by atoms with E-state index in [0.29, 0.717) is 18.1 Å². The third-order valence-electron chi connectivity index (χ3n) is 3.00. The van der Waals surface area contributed by atoms with Gasteiger partial charge in [-0.3, -0.25) is 0 Å². The Balaban J connectivity index is 4.41. The average Bonchev–Trinajstić information content (AvgIpc) is 2.31. The normalized spacial score (nSPS) is 14.0. The summed E-state index contributed by atoms with van der Waals surface area (Å²) in [6, 6.07) is -1.04. The van der Waals surface area contributed by atoms with Gasteiger partial charge >= 0.3 is 12.0 Å². The van der Waals surface area contributed by atoms with Gasteiger partial charge in [-0.05, 0) is 37.7 Å². The largest absolute Gasteiger partial charge is 0.480 e. The molecule has 6 heteroatoms. The molecule has 0 heterocycles. The minimum absolute atomic E-state index is 0.0926. The van der Waals surface area contributed by atoms with E-state index in [2.05, 4.69) is 19.2 Å². The zero-order valence-electron chi connectivity index (χ0n) is 12.5. The van der Waals surface area contributed by atoms with Crippen LogP contribution in [0.1, 0.15) is 33.6 Å². The maximum atomic E-state index is 12.0. The quantitative estimate of drug-likeness (QED) is 0.719. The molecule has 0 aromatic heterocycles. The van der Waals surface area contributed by atoms with Crippen LogP contribution >= 0.6 is 11.8 Å². The fourth-order valence-electron chi connectivity index (χ4n) is 1.78. The van der Waals surface area contributed by atoms with Gasteiger partial charge in [0.25, 0.3) is 0 Å². The molecule has 0 bridgehead atoms. The summed E-state index contributed by atoms with van der Waals surface area (Å²) in [4.78, 5) is 24.6. The molecule has 0 saturated heterocycles. The lowest BCUT2D eigenvalue weighted by Crippen LogP contribution is -2.49. The van der Waals surface area contributed by atoms with Crippen LogP contribution in [0.2, 0.25) is 0 Å². The molecule has 0 fully saturated rings. The van der Waals surface area contributed by atoms with Gasteiger partial charge in [0.1, 0.15) is 6.04 Å². The summed E-state index contributed by atoms with van der Waals surface area (Å²) in [6.45, 7) is 6.17. The van der Waals surface area contributed by atoms with E-state index >= 15 is 0 Å². The van der Waals surface area contributed by atoms with E-state index in [1.165, 1.54) is 0 Å². The number of urea groups is 1. The molecule has 5 nitrogen and oxygen atoms in total. The topological polar surface area (TPSA) is 69.6 Å². The van der Waals surface area contributed by atoms with Gasteiger partial charge in [-0.25, -0.2) is 9.59 Å². The molecule has 0 aliphatic carbocycles. The maximum Gasteiger partial charge on any atom is 0.326 e. The van der Waals surface area contributed by atoms with Gasteiger partial charge in [-0.15, -0.1) is 0 Å². The van der Waals surface area contributed by atoms with Crippen LogP contribution in [0.15, 0.2) is 0 Å². The van der Waals surface area contributed by atoms with Crippen LogP contribution in [0, 0.1) is 5.92 Å². The van der Waals surface area contributed by atoms with Crippen LogP contribution in [0.25, 0.3) is 0 Å². The fourth-order valence-corrected chi connectivity index (χ4v) is 2.26. The highest BCUT2D eigenvalue weighted by Gasteiger charge is 2.23. The Morgan fingerprint density at radius 2 is 1.89 bits per heavy atom. The van der Waals surface area contributed by atoms with E-state index in [9.17, 15) is 9.59 Å². The Morgan fingerprint density at radius 1 is 1.32 bits per heavy atom. The molecule has 0 saturated carbocycles. The number of carboxylic acids is 1. The molecule has 0 radical (unpaired) electrons. The van der Waals surface area contributed by atoms with Gasteiger partial charge in [0.2, 0.25) is 0 Å². The van der Waals surface area contributed by atoms with Crippen molar-refractivity contribution >= 4 is 23.8 Å². The second-order valence-electron chi connectivity index (χ2n) is 5.21. The zero-order chi connectivity index (χ0) is 15.0. The summed E-state index contributed by atoms with van der Waals surface area (Å²) in [7, 11) is 1.70. The molecule has 2 amide bonds. The monoisotopic (exact) mass is 290 g/mol. The molecule has 19 heavy (non-hydrogen) atoms. The third-order valence-corrected chi connectivity index (χ3v) is 3.64. The smallest absolute Gasteiger partial charge is 0.326 e. The first-order chi connectivity index (χ1) is 8.79. The van der Waals surface area contributed by atoms with E-state index in [1.807, 2.05) is 13.2 Å². The Bertz CT molecular complexity index is 298. The SMILES string of the molecule is CSCC[C@@H](NC(=O)N(C)C(C)CC(C)C)C(=O)O. The zero-order valence-corrected chi connectivity index (χ0v) is 13.3. The summed E-state index contributed by atoms with van der Waals surface area (Å²) >= 11 is 1.57. The lowest BCUT2D eigenvalue weighted by atomic mass is 10.0. The van der Waals surface area contributed by atoms with Crippen molar-refractivity contribution < 1.29 is 14.7 Å². The van der Waals surface area contributed by atoms with E-state index in [0.717, 1.165) is 6.42 Å². The van der Waals surface area contributed by atoms with Crippen LogP contribution in [0.3, 0.4) is 0 Å². The minimum Gasteiger partial charge on any atom is -0.480 e. The van der Waals surface area contributed by atoms with Gasteiger partial charge in [-0.1, -0.05) is 13.8 Å². The number of nitrogens with zero attached hydrogens (tertiary/aromatic N) is 1. The number of rotatable bonds is 8. The molecule has 1 unspecified atom stereocenters. The minimum atomic E-state index is -0.979. The Kier molecular flexibility index (Phi) is 8.63. The summed E-state index contributed by atoms with van der Waals surface area (Å²) in [5.74, 6) is 0.229. The van der Waals surface area contributed by atoms with E-state index in [4.69, 9.17) is 5.11 Å². The number of nitrogens with one attached hydrogen (secondary N) is 1. The lowest BCUT2D eigenvalue weighted by molar-refractivity contribution is -0.139. The molecule has 2 atom stereocenters. The van der Waals surface area contributed by atoms with Crippen molar-refractivity contribution in [1.82, 2.24) is 10.2 Å². The number of hydrogen-bond donors (Lipinski definition) is 2. The highest BCUT2D eigenvalue weighted by atomic mass is 32.2. The van der Waals surface area contributed by atoms with Crippen molar-refractivity contribution in [3.8, 4) is 0 Å². The van der Waals surface area contributed by atoms with Crippen LogP contribution in [0.4, 0.5) is 4.79 Å². The van der Waals surface area contributed by atoms with Crippen molar-refractivity contribution in [1.29, 1.82) is 0 Å². The second-order valence-corrected chi connectivity index (χ2v) is 6.20. The lowest BCUT2D eigenvalue weighted by Gasteiger charge is -2.28. The van der Waals surface area contributed by atoms with Gasteiger partial charge in [0.15, 0.2) is 0 Å². The molecule has 0 aromatic rings. The third kappa shape index (κ3) is 7.30. The molecular weight excluding hydrogens is 264 g/mol. The highest BCUT2D eigenvalue weighted by Crippen LogP contribution is 2.10. The fraction of sp³-hybridized carbons (Fsp3) is 0.846. The number of amides is 2. The molecule has 0 aliphatic heterocycles. The molecule has 112 valence electrons. The van der Waals surface area contributed by atoms with Crippen LogP contribution in [0.5, 0.6) is 0 Å². The first kappa shape index (κ1) is 18.1. The van der Waals surface area contributed by atoms with Gasteiger partial charge in [-0.2, -0.15) is 11.8 Å². The second kappa shape index (κ2) is 9.07. The number of thioether (sulfide) groups is 1. The molecule has 0 aliphatic rings. The standard InChI is InChI=1S/C13H26N2O3S/c1-9(2)8-10(3)15(4)13(18)14-11(12(16)17)6-7-19-5/h9-11H,6-8H2,1-5H3,(H,14,18)(H,16,17)/t10?,11-/m1/s1. The highest BCUT2D eigenvalue weighted by molar-refractivity contribution is 7.98. The van der Waals surface area contributed by atoms with Gasteiger partial charge in [0, 0.05) is 13.1 Å². The van der Waals surface area contributed by atoms with Crippen molar-refractivity contribution in [3.63, 3.8) is 0 Å². The van der Waals surface area contributed by atoms with Gasteiger partial charge < -0.3 is 15.3 Å². The first-order valence-corrected chi connectivity index (χ1v) is 7.94. The van der Waals surface area contributed by atoms with Crippen molar-refractivity contribution in [2.45, 2.75) is 45.7 Å². The number of carbonyl (C=O) groups is 2. The average molecular weight is 290 g/mol. The predicted octanol–water partition coefficient (Wildman–Crippen LogP) is 2.27. The van der Waals surface area contributed by atoms with Crippen molar-refractivity contribution in [3.05, 3.63) is 0 Å². The van der Waals surface area contributed by atoms with E-state index in [1.54, 1.807) is 23.7 Å². The number of aliphatic carboxylic acids is 1. The molecule has 0 aromatic carbocycles. The van der Waals surface area contributed by atoms with Gasteiger partial charge in [0.05, 0.1) is 0 Å². The summed E-state index contributed by atoms with van der Waals surface area (Å²) < 4.78 is 0. The first-order valence-electron chi connectivity index (χ1n) is 6.54. The van der Waals surface area contributed by atoms with E-state index < -0.39 is 12.0 Å². The molecule has 0 rings (SSSR count). The Hall–Kier alpha value is -0.910. The summed E-state index contributed by atoms with van der Waals surface area (Å²) in [5, 5.41) is 11.7. The molecular formula is C13H26N2O3S. The molecule has 2 N–H and O–H groups in total. The summed E-state index contributed by atoms with van der Waals surface area (Å²) in [5.41, 5.74) is 0. The van der Waals surface area contributed by atoms with Crippen LogP contribution < -0.4 is 5.32 Å². The number of hydrogen-bond acceptors (Lipinski definition) is 3. The van der Waals surface area contributed by atoms with E-state index in [-0.39, 0.29) is 12.1 Å². The summed E-state index contributed by atoms with van der Waals surface area (Å²) in [6.07, 6.45) is 3.25. The Labute approximate surface area is 120 Å². The maximum absolute atomic E-state index is 12.0. The predicted molar refractivity (Wildman–Crippen MR) is 79.6 cm³/mol. The number of carbonyl (C=O) groups excluding carboxylic acids is 1. The van der Waals surface area contributed by atoms with Crippen LogP contribution in [-0.2, 0) is 4.79 Å². The Morgan fingerprint density at radius 3 is 2.32 bits per heavy atom.